The van der Waals surface area contributed by atoms with E-state index in [0.717, 1.165) is 23.3 Å². The number of fused-ring (bicyclic) bond motifs is 1. The van der Waals surface area contributed by atoms with Gasteiger partial charge in [0, 0.05) is 0 Å². The molecule has 1 N–H and O–H groups in total. The molecule has 0 aromatic heterocycles. The first-order valence-electron chi connectivity index (χ1n) is 6.12. The Labute approximate surface area is 113 Å². The lowest BCUT2D eigenvalue weighted by Crippen LogP contribution is -2.48. The molecule has 4 nitrogen and oxygen atoms in total. The van der Waals surface area contributed by atoms with E-state index < -0.39 is 5.54 Å². The monoisotopic (exact) mass is 259 g/mol. The zero-order valence-electron chi connectivity index (χ0n) is 11.2. The van der Waals surface area contributed by atoms with Gasteiger partial charge in [0.05, 0.1) is 20.8 Å². The Kier molecular flexibility index (Phi) is 3.77. The number of hydrogen-bond acceptors (Lipinski definition) is 4. The van der Waals surface area contributed by atoms with Crippen molar-refractivity contribution in [2.75, 3.05) is 20.8 Å². The number of ether oxygens (including phenoxy) is 2. The fourth-order valence-corrected chi connectivity index (χ4v) is 2.60. The number of nitrogens with one attached hydrogen (secondary N) is 1. The van der Waals surface area contributed by atoms with E-state index in [1.165, 1.54) is 7.11 Å². The zero-order chi connectivity index (χ0) is 13.9. The molecule has 1 aromatic carbocycles. The maximum absolute atomic E-state index is 12.2. The Morgan fingerprint density at radius 3 is 2.95 bits per heavy atom. The predicted molar refractivity (Wildman–Crippen MR) is 71.8 cm³/mol. The first-order chi connectivity index (χ1) is 9.17. The van der Waals surface area contributed by atoms with Crippen LogP contribution in [-0.2, 0) is 21.5 Å². The zero-order valence-corrected chi connectivity index (χ0v) is 11.2. The van der Waals surface area contributed by atoms with Crippen molar-refractivity contribution in [3.63, 3.8) is 0 Å². The Morgan fingerprint density at radius 2 is 2.32 bits per heavy atom. The number of rotatable bonds is 4. The third kappa shape index (κ3) is 2.18. The molecule has 2 rings (SSSR count). The van der Waals surface area contributed by atoms with E-state index in [0.29, 0.717) is 13.0 Å². The quantitative estimate of drug-likeness (QED) is 0.652. The number of hydrogen-bond donors (Lipinski definition) is 1. The minimum atomic E-state index is -0.856. The summed E-state index contributed by atoms with van der Waals surface area (Å²) in [6, 6.07) is 5.76. The Bertz CT molecular complexity index is 533. The summed E-state index contributed by atoms with van der Waals surface area (Å²) in [6.45, 7) is 0.311. The van der Waals surface area contributed by atoms with Crippen LogP contribution >= 0.6 is 0 Å². The molecule has 0 saturated carbocycles. The number of aryl methyl sites for hydroxylation is 1. The van der Waals surface area contributed by atoms with Gasteiger partial charge in [-0.05, 0) is 36.1 Å². The standard InChI is InChI=1S/C15H17NO3/c1-4-9-16-15(14(17)19-3)8-7-11-5-6-12(18-2)10-13(11)15/h1,5-6,10,16H,7-9H2,2-3H3. The molecule has 0 fully saturated rings. The number of esters is 1. The van der Waals surface area contributed by atoms with Crippen molar-refractivity contribution in [2.24, 2.45) is 0 Å². The number of carbonyl (C=O) groups excluding carboxylic acids is 1. The second-order valence-electron chi connectivity index (χ2n) is 4.48. The molecule has 1 aromatic rings. The molecule has 1 unspecified atom stereocenters. The molecule has 0 spiro atoms. The summed E-state index contributed by atoms with van der Waals surface area (Å²) in [5, 5.41) is 3.14. The van der Waals surface area contributed by atoms with Crippen LogP contribution < -0.4 is 10.1 Å². The summed E-state index contributed by atoms with van der Waals surface area (Å²) in [5.41, 5.74) is 1.16. The Hall–Kier alpha value is -1.99. The van der Waals surface area contributed by atoms with Gasteiger partial charge in [0.2, 0.25) is 0 Å². The molecule has 0 radical (unpaired) electrons. The van der Waals surface area contributed by atoms with Gasteiger partial charge in [-0.1, -0.05) is 12.0 Å². The molecule has 1 atom stereocenters. The van der Waals surface area contributed by atoms with E-state index in [9.17, 15) is 4.79 Å². The Balaban J connectivity index is 2.48. The summed E-state index contributed by atoms with van der Waals surface area (Å²) in [7, 11) is 2.99. The molecule has 0 saturated heterocycles. The van der Waals surface area contributed by atoms with Gasteiger partial charge in [-0.3, -0.25) is 5.32 Å². The van der Waals surface area contributed by atoms with Gasteiger partial charge in [-0.25, -0.2) is 4.79 Å². The van der Waals surface area contributed by atoms with Crippen LogP contribution in [0.5, 0.6) is 5.75 Å². The second-order valence-corrected chi connectivity index (χ2v) is 4.48. The first-order valence-corrected chi connectivity index (χ1v) is 6.12. The lowest BCUT2D eigenvalue weighted by Gasteiger charge is -2.28. The highest BCUT2D eigenvalue weighted by Crippen LogP contribution is 2.39. The predicted octanol–water partition coefficient (Wildman–Crippen LogP) is 1.23. The summed E-state index contributed by atoms with van der Waals surface area (Å²) in [6.07, 6.45) is 6.75. The molecule has 0 heterocycles. The third-order valence-electron chi connectivity index (χ3n) is 3.57. The largest absolute Gasteiger partial charge is 0.497 e. The average molecular weight is 259 g/mol. The van der Waals surface area contributed by atoms with Gasteiger partial charge in [0.1, 0.15) is 11.3 Å². The topological polar surface area (TPSA) is 47.6 Å². The number of terminal acetylenes is 1. The molecule has 0 amide bonds. The van der Waals surface area contributed by atoms with E-state index in [-0.39, 0.29) is 5.97 Å². The molecule has 1 aliphatic rings. The van der Waals surface area contributed by atoms with Crippen LogP contribution in [-0.4, -0.2) is 26.7 Å². The van der Waals surface area contributed by atoms with E-state index in [1.54, 1.807) is 7.11 Å². The normalized spacial score (nSPS) is 20.5. The molecule has 0 bridgehead atoms. The molecular formula is C15H17NO3. The molecule has 0 aliphatic heterocycles. The Morgan fingerprint density at radius 1 is 1.53 bits per heavy atom. The van der Waals surface area contributed by atoms with Crippen LogP contribution in [0.2, 0.25) is 0 Å². The van der Waals surface area contributed by atoms with E-state index >= 15 is 0 Å². The maximum Gasteiger partial charge on any atom is 0.330 e. The van der Waals surface area contributed by atoms with Crippen LogP contribution in [0.15, 0.2) is 18.2 Å². The van der Waals surface area contributed by atoms with Crippen molar-refractivity contribution in [1.29, 1.82) is 0 Å². The average Bonchev–Trinajstić information content (AvgIpc) is 2.83. The lowest BCUT2D eigenvalue weighted by atomic mass is 9.91. The second kappa shape index (κ2) is 5.33. The van der Waals surface area contributed by atoms with Crippen LogP contribution in [0.4, 0.5) is 0 Å². The van der Waals surface area contributed by atoms with Crippen molar-refractivity contribution in [3.8, 4) is 18.1 Å². The molecular weight excluding hydrogens is 242 g/mol. The van der Waals surface area contributed by atoms with Gasteiger partial charge in [0.15, 0.2) is 0 Å². The van der Waals surface area contributed by atoms with Crippen molar-refractivity contribution in [2.45, 2.75) is 18.4 Å². The van der Waals surface area contributed by atoms with Crippen LogP contribution in [0.1, 0.15) is 17.5 Å². The van der Waals surface area contributed by atoms with Gasteiger partial charge >= 0.3 is 5.97 Å². The number of carbonyl (C=O) groups is 1. The fraction of sp³-hybridized carbons (Fsp3) is 0.400. The van der Waals surface area contributed by atoms with Crippen molar-refractivity contribution >= 4 is 5.97 Å². The third-order valence-corrected chi connectivity index (χ3v) is 3.57. The number of benzene rings is 1. The van der Waals surface area contributed by atoms with Gasteiger partial charge < -0.3 is 9.47 Å². The molecule has 100 valence electrons. The fourth-order valence-electron chi connectivity index (χ4n) is 2.60. The van der Waals surface area contributed by atoms with Crippen molar-refractivity contribution < 1.29 is 14.3 Å². The first kappa shape index (κ1) is 13.4. The molecule has 4 heteroatoms. The van der Waals surface area contributed by atoms with Gasteiger partial charge in [0.25, 0.3) is 0 Å². The van der Waals surface area contributed by atoms with E-state index in [4.69, 9.17) is 15.9 Å². The summed E-state index contributed by atoms with van der Waals surface area (Å²) in [4.78, 5) is 12.2. The maximum atomic E-state index is 12.2. The SMILES string of the molecule is C#CCNC1(C(=O)OC)CCc2ccc(OC)cc21. The van der Waals surface area contributed by atoms with Crippen molar-refractivity contribution in [3.05, 3.63) is 29.3 Å². The van der Waals surface area contributed by atoms with Gasteiger partial charge in [-0.2, -0.15) is 0 Å². The summed E-state index contributed by atoms with van der Waals surface area (Å²) < 4.78 is 10.2. The molecule has 1 aliphatic carbocycles. The van der Waals surface area contributed by atoms with Gasteiger partial charge in [-0.15, -0.1) is 6.42 Å². The highest BCUT2D eigenvalue weighted by atomic mass is 16.5. The summed E-state index contributed by atoms with van der Waals surface area (Å²) >= 11 is 0. The lowest BCUT2D eigenvalue weighted by molar-refractivity contribution is -0.149. The van der Waals surface area contributed by atoms with Crippen LogP contribution in [0.25, 0.3) is 0 Å². The smallest absolute Gasteiger partial charge is 0.330 e. The highest BCUT2D eigenvalue weighted by molar-refractivity contribution is 5.84. The number of methoxy groups -OCH3 is 2. The van der Waals surface area contributed by atoms with E-state index in [2.05, 4.69) is 11.2 Å². The molecule has 19 heavy (non-hydrogen) atoms. The minimum absolute atomic E-state index is 0.310. The minimum Gasteiger partial charge on any atom is -0.497 e. The van der Waals surface area contributed by atoms with Crippen LogP contribution in [0, 0.1) is 12.3 Å². The summed E-state index contributed by atoms with van der Waals surface area (Å²) in [5.74, 6) is 2.92. The van der Waals surface area contributed by atoms with Crippen molar-refractivity contribution in [1.82, 2.24) is 5.32 Å². The van der Waals surface area contributed by atoms with Crippen LogP contribution in [0.3, 0.4) is 0 Å². The highest BCUT2D eigenvalue weighted by Gasteiger charge is 2.46. The van der Waals surface area contributed by atoms with E-state index in [1.807, 2.05) is 18.2 Å².